The van der Waals surface area contributed by atoms with Gasteiger partial charge in [0.05, 0.1) is 39.9 Å². The first-order chi connectivity index (χ1) is 27.0. The van der Waals surface area contributed by atoms with Gasteiger partial charge in [-0.05, 0) is 57.8 Å². The average molecular weight is 808 g/mol. The normalized spacial score (nSPS) is 14.9. The smallest absolute Gasteiger partial charge is 0.387 e. The van der Waals surface area contributed by atoms with Crippen LogP contribution in [0.4, 0.5) is 0 Å². The van der Waals surface area contributed by atoms with E-state index in [0.29, 0.717) is 17.4 Å². The van der Waals surface area contributed by atoms with Crippen molar-refractivity contribution in [1.82, 2.24) is 5.32 Å². The van der Waals surface area contributed by atoms with Crippen molar-refractivity contribution in [3.63, 3.8) is 0 Å². The molecule has 3 atom stereocenters. The van der Waals surface area contributed by atoms with Gasteiger partial charge in [0, 0.05) is 6.42 Å². The number of carbonyl (C=O) groups excluding carboxylic acids is 1. The molecule has 0 spiro atoms. The molecular weight excluding hydrogens is 719 g/mol. The van der Waals surface area contributed by atoms with E-state index < -0.39 is 20.0 Å². The minimum absolute atomic E-state index is 0.0490. The predicted molar refractivity (Wildman–Crippen MR) is 240 cm³/mol. The zero-order chi connectivity index (χ0) is 41.4. The topological polar surface area (TPSA) is 105 Å². The second kappa shape index (κ2) is 38.7. The van der Waals surface area contributed by atoms with Crippen LogP contribution in [0.3, 0.4) is 0 Å². The number of allylic oxidation sites excluding steroid dienone is 9. The number of hydrogen-bond acceptors (Lipinski definition) is 5. The summed E-state index contributed by atoms with van der Waals surface area (Å²) in [6, 6.07) is -0.876. The summed E-state index contributed by atoms with van der Waals surface area (Å²) in [6.07, 6.45) is 50.1. The third-order valence-electron chi connectivity index (χ3n) is 9.73. The molecule has 0 aliphatic heterocycles. The highest BCUT2D eigenvalue weighted by Crippen LogP contribution is 2.43. The van der Waals surface area contributed by atoms with Crippen LogP contribution in [0.25, 0.3) is 0 Å². The highest BCUT2D eigenvalue weighted by atomic mass is 31.2. The standard InChI is InChI=1S/C47H87N2O6P/c1-6-8-10-12-14-16-18-20-21-22-23-24-25-26-27-29-31-33-35-37-39-41-47(51)48-45(44-55-56(52,53)54-43-42-49(3,4)5)46(50)40-38-36-34-32-30-28-19-17-15-13-11-9-7-2/h21-22,24-25,27,29,33,35,38,40,45-46,50H,6-20,23,26,28,30-32,34,36-37,39,41-44H2,1-5H3,(H-,48,51,52,53)/p+1/b22-21+,25-24+,29-27+,35-33+,40-38+/t45-,46+/m0/s1. The zero-order valence-corrected chi connectivity index (χ0v) is 37.8. The fraction of sp³-hybridized carbons (Fsp3) is 0.766. The van der Waals surface area contributed by atoms with Crippen molar-refractivity contribution in [3.05, 3.63) is 60.8 Å². The van der Waals surface area contributed by atoms with Gasteiger partial charge in [-0.1, -0.05) is 177 Å². The van der Waals surface area contributed by atoms with Crippen LogP contribution in [0.1, 0.15) is 181 Å². The molecule has 9 heteroatoms. The van der Waals surface area contributed by atoms with Crippen LogP contribution in [0, 0.1) is 0 Å². The van der Waals surface area contributed by atoms with Gasteiger partial charge in [0.1, 0.15) is 13.2 Å². The molecule has 3 N–H and O–H groups in total. The van der Waals surface area contributed by atoms with Crippen molar-refractivity contribution < 1.29 is 32.9 Å². The van der Waals surface area contributed by atoms with Crippen molar-refractivity contribution in [1.29, 1.82) is 0 Å². The van der Waals surface area contributed by atoms with Crippen LogP contribution in [-0.4, -0.2) is 73.4 Å². The van der Waals surface area contributed by atoms with Gasteiger partial charge in [-0.15, -0.1) is 0 Å². The van der Waals surface area contributed by atoms with Crippen LogP contribution in [0.2, 0.25) is 0 Å². The molecule has 1 unspecified atom stereocenters. The minimum Gasteiger partial charge on any atom is -0.387 e. The summed E-state index contributed by atoms with van der Waals surface area (Å²) in [7, 11) is 1.53. The SMILES string of the molecule is CCCCCCCCC/C=C/C/C=C/C/C=C/C/C=C/CCCC(=O)N[C@@H](COP(=O)(O)OCC[N+](C)(C)C)[C@H](O)/C=C/CCCCCCCCCCCCC. The molecule has 0 aliphatic carbocycles. The van der Waals surface area contributed by atoms with Crippen molar-refractivity contribution in [2.75, 3.05) is 40.9 Å². The quantitative estimate of drug-likeness (QED) is 0.0246. The van der Waals surface area contributed by atoms with E-state index in [2.05, 4.69) is 67.8 Å². The Morgan fingerprint density at radius 3 is 1.48 bits per heavy atom. The summed E-state index contributed by atoms with van der Waals surface area (Å²) >= 11 is 0. The Hall–Kier alpha value is -1.80. The van der Waals surface area contributed by atoms with Crippen LogP contribution in [0.15, 0.2) is 60.8 Å². The number of carbonyl (C=O) groups is 1. The van der Waals surface area contributed by atoms with Gasteiger partial charge >= 0.3 is 7.82 Å². The summed E-state index contributed by atoms with van der Waals surface area (Å²) in [5, 5.41) is 13.8. The summed E-state index contributed by atoms with van der Waals surface area (Å²) in [4.78, 5) is 23.1. The highest BCUT2D eigenvalue weighted by molar-refractivity contribution is 7.47. The molecule has 0 aliphatic rings. The van der Waals surface area contributed by atoms with Gasteiger partial charge in [0.25, 0.3) is 0 Å². The number of nitrogens with zero attached hydrogens (tertiary/aromatic N) is 1. The lowest BCUT2D eigenvalue weighted by molar-refractivity contribution is -0.870. The van der Waals surface area contributed by atoms with Crippen molar-refractivity contribution >= 4 is 13.7 Å². The predicted octanol–water partition coefficient (Wildman–Crippen LogP) is 12.6. The number of phosphoric acid groups is 1. The first kappa shape index (κ1) is 54.2. The largest absolute Gasteiger partial charge is 0.472 e. The van der Waals surface area contributed by atoms with Gasteiger partial charge in [0.2, 0.25) is 5.91 Å². The number of rotatable bonds is 40. The number of unbranched alkanes of at least 4 members (excludes halogenated alkanes) is 19. The summed E-state index contributed by atoms with van der Waals surface area (Å²) in [5.41, 5.74) is 0. The molecule has 326 valence electrons. The van der Waals surface area contributed by atoms with Crippen LogP contribution in [0.5, 0.6) is 0 Å². The Labute approximate surface area is 345 Å². The maximum Gasteiger partial charge on any atom is 0.472 e. The maximum atomic E-state index is 12.8. The Balaban J connectivity index is 4.51. The Kier molecular flexibility index (Phi) is 37.5. The van der Waals surface area contributed by atoms with Gasteiger partial charge < -0.3 is 19.8 Å². The summed E-state index contributed by atoms with van der Waals surface area (Å²) < 4.78 is 23.5. The number of quaternary nitrogens is 1. The van der Waals surface area contributed by atoms with E-state index in [1.807, 2.05) is 27.2 Å². The molecule has 0 radical (unpaired) electrons. The van der Waals surface area contributed by atoms with E-state index in [1.165, 1.54) is 109 Å². The van der Waals surface area contributed by atoms with Gasteiger partial charge in [0.15, 0.2) is 0 Å². The number of likely N-dealkylation sites (N-methyl/N-ethyl adjacent to an activating group) is 1. The van der Waals surface area contributed by atoms with E-state index in [-0.39, 0.29) is 25.5 Å². The third-order valence-corrected chi connectivity index (χ3v) is 10.7. The Morgan fingerprint density at radius 1 is 0.607 bits per heavy atom. The zero-order valence-electron chi connectivity index (χ0n) is 36.9. The fourth-order valence-corrected chi connectivity index (χ4v) is 6.83. The lowest BCUT2D eigenvalue weighted by Gasteiger charge is -2.25. The number of amides is 1. The molecule has 8 nitrogen and oxygen atoms in total. The Bertz CT molecular complexity index is 1100. The molecule has 0 aromatic rings. The molecule has 0 rings (SSSR count). The lowest BCUT2D eigenvalue weighted by atomic mass is 10.0. The Morgan fingerprint density at radius 2 is 1.02 bits per heavy atom. The van der Waals surface area contributed by atoms with E-state index in [1.54, 1.807) is 6.08 Å². The van der Waals surface area contributed by atoms with E-state index >= 15 is 0 Å². The second-order valence-corrected chi connectivity index (χ2v) is 17.9. The maximum absolute atomic E-state index is 12.8. The molecule has 0 aromatic heterocycles. The molecular formula is C47H88N2O6P+. The number of phosphoric ester groups is 1. The third kappa shape index (κ3) is 40.4. The number of hydrogen-bond donors (Lipinski definition) is 3. The highest BCUT2D eigenvalue weighted by Gasteiger charge is 2.27. The molecule has 0 fully saturated rings. The molecule has 56 heavy (non-hydrogen) atoms. The van der Waals surface area contributed by atoms with Gasteiger partial charge in [-0.3, -0.25) is 13.8 Å². The van der Waals surface area contributed by atoms with E-state index in [9.17, 15) is 19.4 Å². The van der Waals surface area contributed by atoms with Crippen LogP contribution >= 0.6 is 7.82 Å². The first-order valence-corrected chi connectivity index (χ1v) is 24.2. The first-order valence-electron chi connectivity index (χ1n) is 22.7. The van der Waals surface area contributed by atoms with Crippen LogP contribution < -0.4 is 5.32 Å². The van der Waals surface area contributed by atoms with Crippen LogP contribution in [-0.2, 0) is 18.4 Å². The molecule has 0 aromatic carbocycles. The van der Waals surface area contributed by atoms with E-state index in [0.717, 1.165) is 44.9 Å². The average Bonchev–Trinajstić information content (AvgIpc) is 3.15. The number of aliphatic hydroxyl groups is 1. The lowest BCUT2D eigenvalue weighted by Crippen LogP contribution is -2.45. The molecule has 0 saturated heterocycles. The molecule has 0 bridgehead atoms. The monoisotopic (exact) mass is 808 g/mol. The van der Waals surface area contributed by atoms with Gasteiger partial charge in [-0.2, -0.15) is 0 Å². The minimum atomic E-state index is -4.35. The summed E-state index contributed by atoms with van der Waals surface area (Å²) in [6.45, 7) is 4.75. The van der Waals surface area contributed by atoms with Crippen molar-refractivity contribution in [3.8, 4) is 0 Å². The molecule has 0 heterocycles. The molecule has 0 saturated carbocycles. The summed E-state index contributed by atoms with van der Waals surface area (Å²) in [5.74, 6) is -0.233. The molecule has 1 amide bonds. The van der Waals surface area contributed by atoms with Crippen molar-refractivity contribution in [2.24, 2.45) is 0 Å². The second-order valence-electron chi connectivity index (χ2n) is 16.4. The fourth-order valence-electron chi connectivity index (χ4n) is 6.09. The van der Waals surface area contributed by atoms with E-state index in [4.69, 9.17) is 9.05 Å². The number of aliphatic hydroxyl groups excluding tert-OH is 1. The number of nitrogens with one attached hydrogen (secondary N) is 1. The van der Waals surface area contributed by atoms with Gasteiger partial charge in [-0.25, -0.2) is 4.57 Å². The van der Waals surface area contributed by atoms with Crippen molar-refractivity contribution in [2.45, 2.75) is 193 Å².